The van der Waals surface area contributed by atoms with Gasteiger partial charge >= 0.3 is 0 Å². The molecule has 1 aliphatic heterocycles. The standard InChI is InChI=1S/C13H17NO4S/c15-10-6-2-1-5-9-14-13(16)11-7-3-4-8-12(11)19(14,17)18/h3-4,7-8,15H,1-2,5-6,9-10H2. The first-order valence-corrected chi connectivity index (χ1v) is 7.80. The average molecular weight is 283 g/mol. The highest BCUT2D eigenvalue weighted by Gasteiger charge is 2.40. The van der Waals surface area contributed by atoms with Gasteiger partial charge in [-0.05, 0) is 25.0 Å². The molecule has 6 heteroatoms. The van der Waals surface area contributed by atoms with Crippen molar-refractivity contribution in [1.82, 2.24) is 4.31 Å². The van der Waals surface area contributed by atoms with Crippen LogP contribution < -0.4 is 0 Å². The molecule has 0 saturated carbocycles. The summed E-state index contributed by atoms with van der Waals surface area (Å²) in [4.78, 5) is 12.1. The molecule has 0 radical (unpaired) electrons. The van der Waals surface area contributed by atoms with E-state index in [0.717, 1.165) is 17.1 Å². The summed E-state index contributed by atoms with van der Waals surface area (Å²) < 4.78 is 25.3. The molecule has 104 valence electrons. The van der Waals surface area contributed by atoms with Crippen molar-refractivity contribution in [2.24, 2.45) is 0 Å². The second kappa shape index (κ2) is 5.71. The average Bonchev–Trinajstić information content (AvgIpc) is 2.60. The SMILES string of the molecule is O=C1c2ccccc2S(=O)(=O)N1CCCCCCO. The third kappa shape index (κ3) is 2.64. The Hall–Kier alpha value is -1.40. The maximum Gasteiger partial charge on any atom is 0.269 e. The van der Waals surface area contributed by atoms with Crippen molar-refractivity contribution in [3.05, 3.63) is 29.8 Å². The van der Waals surface area contributed by atoms with Crippen LogP contribution in [0.5, 0.6) is 0 Å². The summed E-state index contributed by atoms with van der Waals surface area (Å²) in [7, 11) is -3.65. The van der Waals surface area contributed by atoms with E-state index in [0.29, 0.717) is 12.8 Å². The molecule has 0 spiro atoms. The van der Waals surface area contributed by atoms with Gasteiger partial charge in [0, 0.05) is 13.2 Å². The molecule has 0 atom stereocenters. The lowest BCUT2D eigenvalue weighted by atomic mass is 10.2. The fourth-order valence-electron chi connectivity index (χ4n) is 2.17. The number of amides is 1. The summed E-state index contributed by atoms with van der Waals surface area (Å²) in [6.45, 7) is 0.355. The predicted molar refractivity (Wildman–Crippen MR) is 70.2 cm³/mol. The van der Waals surface area contributed by atoms with Crippen molar-refractivity contribution in [2.75, 3.05) is 13.2 Å². The number of carbonyl (C=O) groups is 1. The monoisotopic (exact) mass is 283 g/mol. The summed E-state index contributed by atoms with van der Waals surface area (Å²) in [5, 5.41) is 8.66. The minimum Gasteiger partial charge on any atom is -0.396 e. The van der Waals surface area contributed by atoms with Crippen molar-refractivity contribution in [3.63, 3.8) is 0 Å². The highest BCUT2D eigenvalue weighted by Crippen LogP contribution is 2.30. The second-order valence-electron chi connectivity index (χ2n) is 4.52. The minimum atomic E-state index is -3.65. The van der Waals surface area contributed by atoms with Gasteiger partial charge in [-0.2, -0.15) is 0 Å². The quantitative estimate of drug-likeness (QED) is 0.800. The molecule has 1 aliphatic rings. The lowest BCUT2D eigenvalue weighted by molar-refractivity contribution is 0.0869. The number of hydrogen-bond acceptors (Lipinski definition) is 4. The van der Waals surface area contributed by atoms with Crippen LogP contribution in [0.2, 0.25) is 0 Å². The van der Waals surface area contributed by atoms with Gasteiger partial charge in [0.25, 0.3) is 15.9 Å². The van der Waals surface area contributed by atoms with Crippen LogP contribution >= 0.6 is 0 Å². The number of fused-ring (bicyclic) bond motifs is 1. The fourth-order valence-corrected chi connectivity index (χ4v) is 3.78. The molecular formula is C13H17NO4S. The molecule has 1 amide bonds. The third-order valence-electron chi connectivity index (χ3n) is 3.18. The maximum absolute atomic E-state index is 12.2. The van der Waals surface area contributed by atoms with E-state index >= 15 is 0 Å². The summed E-state index contributed by atoms with van der Waals surface area (Å²) in [6, 6.07) is 6.29. The van der Waals surface area contributed by atoms with Crippen molar-refractivity contribution >= 4 is 15.9 Å². The Morgan fingerprint density at radius 1 is 1.05 bits per heavy atom. The van der Waals surface area contributed by atoms with Crippen LogP contribution in [0.25, 0.3) is 0 Å². The summed E-state index contributed by atoms with van der Waals surface area (Å²) >= 11 is 0. The molecule has 2 rings (SSSR count). The Morgan fingerprint density at radius 3 is 2.42 bits per heavy atom. The maximum atomic E-state index is 12.2. The molecule has 0 bridgehead atoms. The van der Waals surface area contributed by atoms with E-state index < -0.39 is 15.9 Å². The largest absolute Gasteiger partial charge is 0.396 e. The number of unbranched alkanes of at least 4 members (excludes halogenated alkanes) is 3. The van der Waals surface area contributed by atoms with Crippen LogP contribution in [0.15, 0.2) is 29.2 Å². The van der Waals surface area contributed by atoms with Crippen LogP contribution in [0.3, 0.4) is 0 Å². The number of rotatable bonds is 6. The van der Waals surface area contributed by atoms with Crippen LogP contribution in [0.1, 0.15) is 36.0 Å². The Morgan fingerprint density at radius 2 is 1.74 bits per heavy atom. The molecular weight excluding hydrogens is 266 g/mol. The van der Waals surface area contributed by atoms with Crippen LogP contribution in [-0.4, -0.2) is 36.9 Å². The first-order valence-electron chi connectivity index (χ1n) is 6.36. The first-order chi connectivity index (χ1) is 9.09. The third-order valence-corrected chi connectivity index (χ3v) is 5.02. The number of benzene rings is 1. The molecule has 0 aliphatic carbocycles. The molecule has 1 heterocycles. The smallest absolute Gasteiger partial charge is 0.269 e. The number of aliphatic hydroxyl groups is 1. The lowest BCUT2D eigenvalue weighted by Crippen LogP contribution is -2.30. The Balaban J connectivity index is 2.06. The molecule has 0 unspecified atom stereocenters. The van der Waals surface area contributed by atoms with E-state index in [1.807, 2.05) is 0 Å². The summed E-state index contributed by atoms with van der Waals surface area (Å²) in [5.41, 5.74) is 0.262. The Kier molecular flexibility index (Phi) is 4.21. The molecule has 5 nitrogen and oxygen atoms in total. The van der Waals surface area contributed by atoms with Gasteiger partial charge in [0.05, 0.1) is 5.56 Å². The van der Waals surface area contributed by atoms with E-state index in [-0.39, 0.29) is 23.6 Å². The molecule has 1 aromatic rings. The van der Waals surface area contributed by atoms with Crippen LogP contribution in [0.4, 0.5) is 0 Å². The van der Waals surface area contributed by atoms with Crippen LogP contribution in [-0.2, 0) is 10.0 Å². The van der Waals surface area contributed by atoms with Crippen molar-refractivity contribution in [3.8, 4) is 0 Å². The van der Waals surface area contributed by atoms with E-state index in [1.54, 1.807) is 18.2 Å². The van der Waals surface area contributed by atoms with E-state index in [2.05, 4.69) is 0 Å². The zero-order chi connectivity index (χ0) is 13.9. The van der Waals surface area contributed by atoms with E-state index in [1.165, 1.54) is 6.07 Å². The second-order valence-corrected chi connectivity index (χ2v) is 6.35. The number of nitrogens with zero attached hydrogens (tertiary/aromatic N) is 1. The fraction of sp³-hybridized carbons (Fsp3) is 0.462. The normalized spacial score (nSPS) is 16.7. The summed E-state index contributed by atoms with van der Waals surface area (Å²) in [6.07, 6.45) is 2.97. The number of aliphatic hydroxyl groups excluding tert-OH is 1. The van der Waals surface area contributed by atoms with Gasteiger partial charge in [-0.1, -0.05) is 25.0 Å². The molecule has 0 fully saturated rings. The molecule has 1 N–H and O–H groups in total. The number of hydrogen-bond donors (Lipinski definition) is 1. The van der Waals surface area contributed by atoms with Gasteiger partial charge in [-0.3, -0.25) is 4.79 Å². The van der Waals surface area contributed by atoms with Gasteiger partial charge in [0.2, 0.25) is 0 Å². The van der Waals surface area contributed by atoms with Crippen molar-refractivity contribution in [2.45, 2.75) is 30.6 Å². The first kappa shape index (κ1) is 14.0. The van der Waals surface area contributed by atoms with Crippen molar-refractivity contribution < 1.29 is 18.3 Å². The minimum absolute atomic E-state index is 0.107. The van der Waals surface area contributed by atoms with Gasteiger partial charge < -0.3 is 5.11 Å². The zero-order valence-electron chi connectivity index (χ0n) is 10.6. The number of sulfonamides is 1. The van der Waals surface area contributed by atoms with Crippen molar-refractivity contribution in [1.29, 1.82) is 0 Å². The van der Waals surface area contributed by atoms with Gasteiger partial charge in [0.15, 0.2) is 0 Å². The lowest BCUT2D eigenvalue weighted by Gasteiger charge is -2.14. The zero-order valence-corrected chi connectivity index (χ0v) is 11.4. The van der Waals surface area contributed by atoms with Gasteiger partial charge in [-0.15, -0.1) is 0 Å². The highest BCUT2D eigenvalue weighted by atomic mass is 32.2. The topological polar surface area (TPSA) is 74.7 Å². The molecule has 19 heavy (non-hydrogen) atoms. The van der Waals surface area contributed by atoms with Crippen LogP contribution in [0, 0.1) is 0 Å². The highest BCUT2D eigenvalue weighted by molar-refractivity contribution is 7.90. The molecule has 0 saturated heterocycles. The Bertz CT molecular complexity index is 568. The Labute approximate surface area is 112 Å². The number of carbonyl (C=O) groups excluding carboxylic acids is 1. The van der Waals surface area contributed by atoms with E-state index in [4.69, 9.17) is 5.11 Å². The predicted octanol–water partition coefficient (Wildman–Crippen LogP) is 1.38. The van der Waals surface area contributed by atoms with Gasteiger partial charge in [0.1, 0.15) is 4.90 Å². The molecule has 0 aromatic heterocycles. The summed E-state index contributed by atoms with van der Waals surface area (Å²) in [5.74, 6) is -0.433. The molecule has 1 aromatic carbocycles. The van der Waals surface area contributed by atoms with E-state index in [9.17, 15) is 13.2 Å². The van der Waals surface area contributed by atoms with Gasteiger partial charge in [-0.25, -0.2) is 12.7 Å².